The Bertz CT molecular complexity index is 347. The van der Waals surface area contributed by atoms with Gasteiger partial charge in [0.05, 0.1) is 11.5 Å². The fourth-order valence-corrected chi connectivity index (χ4v) is 3.78. The first kappa shape index (κ1) is 12.8. The number of Topliss-reactive ketones (excluding diaryl/α,β-unsaturated/α-hetero) is 1. The third-order valence-electron chi connectivity index (χ3n) is 5.11. The van der Waals surface area contributed by atoms with Crippen molar-refractivity contribution < 1.29 is 9.90 Å². The SMILES string of the molecule is C=C(C)[C@@H]1CC[C@@H](C)[C@@]2(O)CC[C@H](C)C(=O)[C@@H]12. The van der Waals surface area contributed by atoms with Crippen LogP contribution in [0.5, 0.6) is 0 Å². The maximum absolute atomic E-state index is 12.4. The van der Waals surface area contributed by atoms with Crippen LogP contribution in [0, 0.1) is 23.7 Å². The quantitative estimate of drug-likeness (QED) is 0.711. The average Bonchev–Trinajstić information content (AvgIpc) is 2.26. The van der Waals surface area contributed by atoms with Crippen molar-refractivity contribution in [3.05, 3.63) is 12.2 Å². The van der Waals surface area contributed by atoms with Crippen molar-refractivity contribution >= 4 is 5.78 Å². The summed E-state index contributed by atoms with van der Waals surface area (Å²) in [5.41, 5.74) is 0.286. The molecule has 1 N–H and O–H groups in total. The molecule has 2 nitrogen and oxygen atoms in total. The first-order chi connectivity index (χ1) is 7.88. The van der Waals surface area contributed by atoms with Crippen molar-refractivity contribution in [2.24, 2.45) is 23.7 Å². The molecule has 0 aromatic heterocycles. The molecule has 0 radical (unpaired) electrons. The smallest absolute Gasteiger partial charge is 0.142 e. The number of hydrogen-bond acceptors (Lipinski definition) is 2. The average molecular weight is 236 g/mol. The van der Waals surface area contributed by atoms with Crippen molar-refractivity contribution in [3.8, 4) is 0 Å². The van der Waals surface area contributed by atoms with Crippen LogP contribution in [0.4, 0.5) is 0 Å². The van der Waals surface area contributed by atoms with E-state index < -0.39 is 5.60 Å². The third kappa shape index (κ3) is 1.87. The van der Waals surface area contributed by atoms with Crippen LogP contribution in [-0.4, -0.2) is 16.5 Å². The van der Waals surface area contributed by atoms with Gasteiger partial charge >= 0.3 is 0 Å². The molecule has 0 heterocycles. The molecule has 0 aromatic carbocycles. The van der Waals surface area contributed by atoms with Gasteiger partial charge in [-0.1, -0.05) is 26.0 Å². The van der Waals surface area contributed by atoms with E-state index >= 15 is 0 Å². The van der Waals surface area contributed by atoms with Crippen LogP contribution in [0.3, 0.4) is 0 Å². The predicted octanol–water partition coefficient (Wildman–Crippen LogP) is 2.95. The van der Waals surface area contributed by atoms with Gasteiger partial charge in [-0.3, -0.25) is 4.79 Å². The molecule has 0 bridgehead atoms. The molecular weight excluding hydrogens is 212 g/mol. The van der Waals surface area contributed by atoms with Gasteiger partial charge in [0.2, 0.25) is 0 Å². The van der Waals surface area contributed by atoms with E-state index in [9.17, 15) is 9.90 Å². The van der Waals surface area contributed by atoms with Crippen LogP contribution in [0.2, 0.25) is 0 Å². The van der Waals surface area contributed by atoms with Gasteiger partial charge in [0, 0.05) is 5.92 Å². The molecule has 2 saturated carbocycles. The van der Waals surface area contributed by atoms with Gasteiger partial charge < -0.3 is 5.11 Å². The molecular formula is C15H24O2. The molecule has 0 unspecified atom stereocenters. The number of hydrogen-bond donors (Lipinski definition) is 1. The summed E-state index contributed by atoms with van der Waals surface area (Å²) in [5.74, 6) is 0.587. The van der Waals surface area contributed by atoms with E-state index in [1.807, 2.05) is 13.8 Å². The van der Waals surface area contributed by atoms with Gasteiger partial charge in [-0.25, -0.2) is 0 Å². The Hall–Kier alpha value is -0.630. The van der Waals surface area contributed by atoms with Gasteiger partial charge in [-0.15, -0.1) is 0 Å². The molecule has 0 aliphatic heterocycles. The normalized spacial score (nSPS) is 46.5. The molecule has 2 rings (SSSR count). The third-order valence-corrected chi connectivity index (χ3v) is 5.11. The number of rotatable bonds is 1. The fraction of sp³-hybridized carbons (Fsp3) is 0.800. The van der Waals surface area contributed by atoms with Crippen molar-refractivity contribution in [2.75, 3.05) is 0 Å². The van der Waals surface area contributed by atoms with E-state index in [2.05, 4.69) is 13.5 Å². The lowest BCUT2D eigenvalue weighted by atomic mass is 9.55. The second-order valence-corrected chi connectivity index (χ2v) is 6.24. The Morgan fingerprint density at radius 1 is 1.35 bits per heavy atom. The van der Waals surface area contributed by atoms with Crippen LogP contribution >= 0.6 is 0 Å². The van der Waals surface area contributed by atoms with Gasteiger partial charge in [0.25, 0.3) is 0 Å². The molecule has 0 aromatic rings. The lowest BCUT2D eigenvalue weighted by Gasteiger charge is -2.52. The topological polar surface area (TPSA) is 37.3 Å². The summed E-state index contributed by atoms with van der Waals surface area (Å²) in [4.78, 5) is 12.4. The molecule has 2 aliphatic rings. The second-order valence-electron chi connectivity index (χ2n) is 6.24. The van der Waals surface area contributed by atoms with E-state index in [0.717, 1.165) is 31.3 Å². The summed E-state index contributed by atoms with van der Waals surface area (Å²) in [6, 6.07) is 0. The van der Waals surface area contributed by atoms with Crippen LogP contribution in [-0.2, 0) is 4.79 Å². The number of carbonyl (C=O) groups excluding carboxylic acids is 1. The van der Waals surface area contributed by atoms with E-state index in [1.165, 1.54) is 0 Å². The Balaban J connectivity index is 2.38. The van der Waals surface area contributed by atoms with E-state index in [0.29, 0.717) is 0 Å². The highest BCUT2D eigenvalue weighted by Crippen LogP contribution is 2.50. The van der Waals surface area contributed by atoms with E-state index in [1.54, 1.807) is 0 Å². The number of aliphatic hydroxyl groups is 1. The standard InChI is InChI=1S/C15H24O2/c1-9(2)12-6-5-11(4)15(17)8-7-10(3)14(16)13(12)15/h10-13,17H,1,5-8H2,2-4H3/t10-,11+,12-,13+,15-/m0/s1. The highest BCUT2D eigenvalue weighted by atomic mass is 16.3. The highest BCUT2D eigenvalue weighted by molar-refractivity contribution is 5.86. The number of allylic oxidation sites excluding steroid dienone is 1. The molecule has 5 atom stereocenters. The monoisotopic (exact) mass is 236 g/mol. The van der Waals surface area contributed by atoms with Crippen molar-refractivity contribution in [1.82, 2.24) is 0 Å². The molecule has 0 amide bonds. The molecule has 2 heteroatoms. The molecule has 0 saturated heterocycles. The zero-order valence-corrected chi connectivity index (χ0v) is 11.2. The second kappa shape index (κ2) is 4.24. The van der Waals surface area contributed by atoms with Gasteiger partial charge in [0.15, 0.2) is 0 Å². The minimum Gasteiger partial charge on any atom is -0.389 e. The van der Waals surface area contributed by atoms with Crippen LogP contribution < -0.4 is 0 Å². The molecule has 0 spiro atoms. The predicted molar refractivity (Wildman–Crippen MR) is 68.5 cm³/mol. The Kier molecular flexibility index (Phi) is 3.19. The van der Waals surface area contributed by atoms with Crippen molar-refractivity contribution in [3.63, 3.8) is 0 Å². The zero-order chi connectivity index (χ0) is 12.8. The minimum atomic E-state index is -0.772. The number of ketones is 1. The summed E-state index contributed by atoms with van der Waals surface area (Å²) in [7, 11) is 0. The van der Waals surface area contributed by atoms with Crippen LogP contribution in [0.1, 0.15) is 46.5 Å². The Labute approximate surface area is 104 Å². The van der Waals surface area contributed by atoms with Crippen LogP contribution in [0.25, 0.3) is 0 Å². The van der Waals surface area contributed by atoms with Gasteiger partial charge in [-0.2, -0.15) is 0 Å². The first-order valence-corrected chi connectivity index (χ1v) is 6.79. The molecule has 17 heavy (non-hydrogen) atoms. The maximum atomic E-state index is 12.4. The summed E-state index contributed by atoms with van der Waals surface area (Å²) in [6.45, 7) is 10.1. The zero-order valence-electron chi connectivity index (χ0n) is 11.2. The lowest BCUT2D eigenvalue weighted by molar-refractivity contribution is -0.164. The lowest BCUT2D eigenvalue weighted by Crippen LogP contribution is -2.58. The molecule has 2 aliphatic carbocycles. The molecule has 96 valence electrons. The minimum absolute atomic E-state index is 0.104. The summed E-state index contributed by atoms with van der Waals surface area (Å²) in [6.07, 6.45) is 3.61. The Morgan fingerprint density at radius 2 is 2.00 bits per heavy atom. The van der Waals surface area contributed by atoms with Crippen molar-refractivity contribution in [1.29, 1.82) is 0 Å². The van der Waals surface area contributed by atoms with Gasteiger partial charge in [-0.05, 0) is 44.4 Å². The summed E-state index contributed by atoms with van der Waals surface area (Å²) >= 11 is 0. The fourth-order valence-electron chi connectivity index (χ4n) is 3.78. The van der Waals surface area contributed by atoms with E-state index in [-0.39, 0.29) is 29.5 Å². The number of fused-ring (bicyclic) bond motifs is 1. The first-order valence-electron chi connectivity index (χ1n) is 6.79. The van der Waals surface area contributed by atoms with Crippen LogP contribution in [0.15, 0.2) is 12.2 Å². The largest absolute Gasteiger partial charge is 0.389 e. The van der Waals surface area contributed by atoms with Crippen molar-refractivity contribution in [2.45, 2.75) is 52.1 Å². The summed E-state index contributed by atoms with van der Waals surface area (Å²) in [5, 5.41) is 10.9. The van der Waals surface area contributed by atoms with Gasteiger partial charge in [0.1, 0.15) is 5.78 Å². The maximum Gasteiger partial charge on any atom is 0.142 e. The van der Waals surface area contributed by atoms with E-state index in [4.69, 9.17) is 0 Å². The summed E-state index contributed by atoms with van der Waals surface area (Å²) < 4.78 is 0. The molecule has 2 fully saturated rings. The highest BCUT2D eigenvalue weighted by Gasteiger charge is 2.55. The Morgan fingerprint density at radius 3 is 2.59 bits per heavy atom. The number of carbonyl (C=O) groups is 1.